The van der Waals surface area contributed by atoms with E-state index in [2.05, 4.69) is 40.5 Å². The maximum absolute atomic E-state index is 6.07. The summed E-state index contributed by atoms with van der Waals surface area (Å²) in [6.45, 7) is 2.03. The molecule has 3 heteroatoms. The SMILES string of the molecule is Clc1ccc2c(c1)NCC1c3ccccc3CCN21. The monoisotopic (exact) mass is 270 g/mol. The molecule has 96 valence electrons. The lowest BCUT2D eigenvalue weighted by Crippen LogP contribution is -2.42. The van der Waals surface area contributed by atoms with Crippen molar-refractivity contribution in [2.45, 2.75) is 12.5 Å². The summed E-state index contributed by atoms with van der Waals surface area (Å²) in [6, 6.07) is 15.4. The smallest absolute Gasteiger partial charge is 0.0718 e. The molecule has 0 saturated heterocycles. The third kappa shape index (κ3) is 1.71. The van der Waals surface area contributed by atoms with Crippen molar-refractivity contribution in [2.75, 3.05) is 23.3 Å². The van der Waals surface area contributed by atoms with Crippen molar-refractivity contribution in [3.63, 3.8) is 0 Å². The Morgan fingerprint density at radius 2 is 2.05 bits per heavy atom. The van der Waals surface area contributed by atoms with Crippen LogP contribution in [-0.4, -0.2) is 13.1 Å². The summed E-state index contributed by atoms with van der Waals surface area (Å²) >= 11 is 6.07. The van der Waals surface area contributed by atoms with Gasteiger partial charge in [-0.15, -0.1) is 0 Å². The molecule has 2 aromatic carbocycles. The quantitative estimate of drug-likeness (QED) is 0.782. The van der Waals surface area contributed by atoms with Gasteiger partial charge in [-0.25, -0.2) is 0 Å². The van der Waals surface area contributed by atoms with Gasteiger partial charge < -0.3 is 10.2 Å². The van der Waals surface area contributed by atoms with Gasteiger partial charge in [-0.1, -0.05) is 35.9 Å². The van der Waals surface area contributed by atoms with E-state index in [-0.39, 0.29) is 0 Å². The molecule has 0 saturated carbocycles. The number of hydrogen-bond donors (Lipinski definition) is 1. The van der Waals surface area contributed by atoms with Gasteiger partial charge in [0.25, 0.3) is 0 Å². The number of rotatable bonds is 0. The topological polar surface area (TPSA) is 15.3 Å². The Balaban J connectivity index is 1.81. The van der Waals surface area contributed by atoms with Crippen LogP contribution in [0.5, 0.6) is 0 Å². The first-order valence-corrected chi connectivity index (χ1v) is 7.08. The lowest BCUT2D eigenvalue weighted by Gasteiger charge is -2.43. The summed E-state index contributed by atoms with van der Waals surface area (Å²) in [7, 11) is 0. The predicted octanol–water partition coefficient (Wildman–Crippen LogP) is 3.87. The summed E-state index contributed by atoms with van der Waals surface area (Å²) in [5, 5.41) is 4.31. The molecule has 4 rings (SSSR count). The van der Waals surface area contributed by atoms with E-state index in [1.807, 2.05) is 12.1 Å². The van der Waals surface area contributed by atoms with E-state index in [0.717, 1.165) is 30.2 Å². The van der Waals surface area contributed by atoms with E-state index in [1.54, 1.807) is 0 Å². The summed E-state index contributed by atoms with van der Waals surface area (Å²) in [5.74, 6) is 0. The van der Waals surface area contributed by atoms with Crippen molar-refractivity contribution >= 4 is 23.0 Å². The van der Waals surface area contributed by atoms with Crippen LogP contribution in [0.25, 0.3) is 0 Å². The number of nitrogens with one attached hydrogen (secondary N) is 1. The zero-order chi connectivity index (χ0) is 12.8. The minimum Gasteiger partial charge on any atom is -0.381 e. The molecular weight excluding hydrogens is 256 g/mol. The molecule has 1 atom stereocenters. The van der Waals surface area contributed by atoms with E-state index in [9.17, 15) is 0 Å². The fourth-order valence-corrected chi connectivity index (χ4v) is 3.44. The Morgan fingerprint density at radius 1 is 1.16 bits per heavy atom. The van der Waals surface area contributed by atoms with E-state index >= 15 is 0 Å². The van der Waals surface area contributed by atoms with Gasteiger partial charge >= 0.3 is 0 Å². The van der Waals surface area contributed by atoms with Crippen LogP contribution in [-0.2, 0) is 6.42 Å². The van der Waals surface area contributed by atoms with E-state index < -0.39 is 0 Å². The van der Waals surface area contributed by atoms with Crippen LogP contribution >= 0.6 is 11.6 Å². The first-order valence-electron chi connectivity index (χ1n) is 6.71. The molecule has 2 aliphatic rings. The lowest BCUT2D eigenvalue weighted by molar-refractivity contribution is 0.591. The van der Waals surface area contributed by atoms with Crippen molar-refractivity contribution in [3.8, 4) is 0 Å². The first kappa shape index (κ1) is 11.2. The summed E-state index contributed by atoms with van der Waals surface area (Å²) in [4.78, 5) is 2.50. The molecule has 1 N–H and O–H groups in total. The second-order valence-electron chi connectivity index (χ2n) is 5.20. The van der Waals surface area contributed by atoms with Crippen molar-refractivity contribution in [1.82, 2.24) is 0 Å². The van der Waals surface area contributed by atoms with Crippen LogP contribution in [0.4, 0.5) is 11.4 Å². The molecule has 0 aromatic heterocycles. The molecule has 0 amide bonds. The van der Waals surface area contributed by atoms with E-state index in [0.29, 0.717) is 6.04 Å². The Labute approximate surface area is 118 Å². The van der Waals surface area contributed by atoms with Crippen LogP contribution in [0, 0.1) is 0 Å². The molecule has 19 heavy (non-hydrogen) atoms. The molecule has 0 spiro atoms. The highest BCUT2D eigenvalue weighted by atomic mass is 35.5. The maximum atomic E-state index is 6.07. The number of halogens is 1. The molecule has 0 bridgehead atoms. The molecule has 2 nitrogen and oxygen atoms in total. The molecule has 0 radical (unpaired) electrons. The average Bonchev–Trinajstić information content (AvgIpc) is 2.46. The van der Waals surface area contributed by atoms with Crippen molar-refractivity contribution in [1.29, 1.82) is 0 Å². The van der Waals surface area contributed by atoms with Crippen molar-refractivity contribution in [2.24, 2.45) is 0 Å². The normalized spacial score (nSPS) is 20.1. The fourth-order valence-electron chi connectivity index (χ4n) is 3.27. The van der Waals surface area contributed by atoms with Crippen LogP contribution in [0.1, 0.15) is 17.2 Å². The van der Waals surface area contributed by atoms with Gasteiger partial charge in [-0.3, -0.25) is 0 Å². The highest BCUT2D eigenvalue weighted by molar-refractivity contribution is 6.31. The molecule has 1 unspecified atom stereocenters. The molecule has 2 aromatic rings. The predicted molar refractivity (Wildman–Crippen MR) is 80.2 cm³/mol. The van der Waals surface area contributed by atoms with Crippen LogP contribution in [0.15, 0.2) is 42.5 Å². The van der Waals surface area contributed by atoms with Gasteiger partial charge in [0.15, 0.2) is 0 Å². The third-order valence-electron chi connectivity index (χ3n) is 4.17. The van der Waals surface area contributed by atoms with Crippen LogP contribution < -0.4 is 10.2 Å². The standard InChI is InChI=1S/C16H15ClN2/c17-12-5-6-15-14(9-12)18-10-16-13-4-2-1-3-11(13)7-8-19(15)16/h1-6,9,16,18H,7-8,10H2. The van der Waals surface area contributed by atoms with Crippen LogP contribution in [0.2, 0.25) is 5.02 Å². The highest BCUT2D eigenvalue weighted by Crippen LogP contribution is 2.41. The molecule has 2 heterocycles. The summed E-state index contributed by atoms with van der Waals surface area (Å²) in [6.07, 6.45) is 1.12. The summed E-state index contributed by atoms with van der Waals surface area (Å²) in [5.41, 5.74) is 5.38. The van der Waals surface area contributed by atoms with Gasteiger partial charge in [0.05, 0.1) is 17.4 Å². The van der Waals surface area contributed by atoms with Crippen molar-refractivity contribution < 1.29 is 0 Å². The van der Waals surface area contributed by atoms with E-state index in [1.165, 1.54) is 16.8 Å². The highest BCUT2D eigenvalue weighted by Gasteiger charge is 2.31. The fraction of sp³-hybridized carbons (Fsp3) is 0.250. The molecular formula is C16H15ClN2. The lowest BCUT2D eigenvalue weighted by atomic mass is 9.90. The Bertz CT molecular complexity index is 638. The van der Waals surface area contributed by atoms with Gasteiger partial charge in [-0.05, 0) is 35.7 Å². The van der Waals surface area contributed by atoms with Gasteiger partial charge in [-0.2, -0.15) is 0 Å². The van der Waals surface area contributed by atoms with Gasteiger partial charge in [0, 0.05) is 18.1 Å². The number of anilines is 2. The summed E-state index contributed by atoms with van der Waals surface area (Å²) < 4.78 is 0. The Kier molecular flexibility index (Phi) is 2.46. The number of fused-ring (bicyclic) bond motifs is 5. The second-order valence-corrected chi connectivity index (χ2v) is 5.64. The Hall–Kier alpha value is -1.67. The molecule has 0 fully saturated rings. The van der Waals surface area contributed by atoms with E-state index in [4.69, 9.17) is 11.6 Å². The van der Waals surface area contributed by atoms with Gasteiger partial charge in [0.2, 0.25) is 0 Å². The zero-order valence-electron chi connectivity index (χ0n) is 10.6. The number of hydrogen-bond acceptors (Lipinski definition) is 2. The number of nitrogens with zero attached hydrogens (tertiary/aromatic N) is 1. The second kappa shape index (κ2) is 4.17. The number of benzene rings is 2. The molecule has 0 aliphatic carbocycles. The third-order valence-corrected chi connectivity index (χ3v) is 4.40. The van der Waals surface area contributed by atoms with Crippen LogP contribution in [0.3, 0.4) is 0 Å². The minimum absolute atomic E-state index is 0.443. The van der Waals surface area contributed by atoms with Gasteiger partial charge in [0.1, 0.15) is 0 Å². The average molecular weight is 271 g/mol. The Morgan fingerprint density at radius 3 is 3.00 bits per heavy atom. The zero-order valence-corrected chi connectivity index (χ0v) is 11.3. The largest absolute Gasteiger partial charge is 0.381 e. The minimum atomic E-state index is 0.443. The van der Waals surface area contributed by atoms with Crippen molar-refractivity contribution in [3.05, 3.63) is 58.6 Å². The maximum Gasteiger partial charge on any atom is 0.0718 e. The molecule has 2 aliphatic heterocycles. The first-order chi connectivity index (χ1) is 9.33.